The number of aliphatic hydroxyl groups excluding tert-OH is 1. The summed E-state index contributed by atoms with van der Waals surface area (Å²) in [6, 6.07) is 13.5. The van der Waals surface area contributed by atoms with Gasteiger partial charge in [0.05, 0.1) is 6.10 Å². The Bertz CT molecular complexity index is 808. The number of aliphatic hydroxyl groups is 1. The minimum atomic E-state index is -0.596. The predicted octanol–water partition coefficient (Wildman–Crippen LogP) is 2.78. The maximum absolute atomic E-state index is 11.3. The highest BCUT2D eigenvalue weighted by atomic mass is 16.5. The third kappa shape index (κ3) is 4.82. The van der Waals surface area contributed by atoms with Gasteiger partial charge in [0.25, 0.3) is 0 Å². The maximum Gasteiger partial charge on any atom is 0.312 e. The van der Waals surface area contributed by atoms with Crippen LogP contribution >= 0.6 is 0 Å². The molecule has 0 bridgehead atoms. The number of fused-ring (bicyclic) bond motifs is 1. The predicted molar refractivity (Wildman–Crippen MR) is 109 cm³/mol. The third-order valence-electron chi connectivity index (χ3n) is 5.05. The molecule has 6 nitrogen and oxygen atoms in total. The molecule has 0 aliphatic heterocycles. The van der Waals surface area contributed by atoms with Crippen molar-refractivity contribution in [3.05, 3.63) is 64.7 Å². The molecule has 2 aromatic carbocycles. The van der Waals surface area contributed by atoms with Crippen LogP contribution in [0.5, 0.6) is 5.75 Å². The van der Waals surface area contributed by atoms with E-state index in [1.165, 1.54) is 0 Å². The van der Waals surface area contributed by atoms with Crippen molar-refractivity contribution in [3.63, 3.8) is 0 Å². The van der Waals surface area contributed by atoms with E-state index in [1.54, 1.807) is 0 Å². The van der Waals surface area contributed by atoms with E-state index in [9.17, 15) is 9.90 Å². The minimum Gasteiger partial charge on any atom is -0.489 e. The number of rotatable bonds is 7. The molecule has 0 spiro atoms. The summed E-state index contributed by atoms with van der Waals surface area (Å²) >= 11 is 0. The van der Waals surface area contributed by atoms with Gasteiger partial charge in [-0.1, -0.05) is 50.2 Å². The second kappa shape index (κ2) is 9.08. The number of carbonyl (C=O) groups excluding carboxylic acids is 1. The van der Waals surface area contributed by atoms with Gasteiger partial charge in [-0.3, -0.25) is 0 Å². The fourth-order valence-electron chi connectivity index (χ4n) is 3.78. The second-order valence-electron chi connectivity index (χ2n) is 7.51. The van der Waals surface area contributed by atoms with Crippen molar-refractivity contribution in [2.75, 3.05) is 0 Å². The van der Waals surface area contributed by atoms with Crippen molar-refractivity contribution in [2.24, 2.45) is 5.73 Å². The zero-order valence-corrected chi connectivity index (χ0v) is 16.4. The SMILES string of the molecule is CC(C)NC1CCc2c(ccc(OCc3ccccc3)c2CNC(N)=O)C1O. The number of amides is 2. The van der Waals surface area contributed by atoms with Crippen LogP contribution in [0.3, 0.4) is 0 Å². The molecule has 1 aliphatic rings. The van der Waals surface area contributed by atoms with Gasteiger partial charge >= 0.3 is 6.03 Å². The van der Waals surface area contributed by atoms with Gasteiger partial charge in [-0.2, -0.15) is 0 Å². The van der Waals surface area contributed by atoms with Crippen LogP contribution in [0.25, 0.3) is 0 Å². The molecular formula is C22H29N3O3. The Morgan fingerprint density at radius 2 is 2.00 bits per heavy atom. The quantitative estimate of drug-likeness (QED) is 0.591. The fraction of sp³-hybridized carbons (Fsp3) is 0.409. The van der Waals surface area contributed by atoms with Gasteiger partial charge in [0, 0.05) is 24.2 Å². The summed E-state index contributed by atoms with van der Waals surface area (Å²) in [5.41, 5.74) is 9.16. The highest BCUT2D eigenvalue weighted by Crippen LogP contribution is 2.36. The molecule has 6 heteroatoms. The Morgan fingerprint density at radius 3 is 2.68 bits per heavy atom. The molecule has 3 rings (SSSR count). The van der Waals surface area contributed by atoms with Crippen molar-refractivity contribution < 1.29 is 14.6 Å². The van der Waals surface area contributed by atoms with Crippen LogP contribution in [0.1, 0.15) is 48.6 Å². The topological polar surface area (TPSA) is 96.6 Å². The average Bonchev–Trinajstić information content (AvgIpc) is 2.67. The Kier molecular flexibility index (Phi) is 6.54. The summed E-state index contributed by atoms with van der Waals surface area (Å²) in [6.45, 7) is 4.86. The van der Waals surface area contributed by atoms with Gasteiger partial charge in [0.15, 0.2) is 0 Å². The molecule has 150 valence electrons. The minimum absolute atomic E-state index is 0.0144. The smallest absolute Gasteiger partial charge is 0.312 e. The van der Waals surface area contributed by atoms with Crippen molar-refractivity contribution in [3.8, 4) is 5.75 Å². The van der Waals surface area contributed by atoms with E-state index in [0.29, 0.717) is 18.4 Å². The van der Waals surface area contributed by atoms with Gasteiger partial charge < -0.3 is 26.2 Å². The molecule has 2 aromatic rings. The van der Waals surface area contributed by atoms with Gasteiger partial charge in [-0.25, -0.2) is 4.79 Å². The first-order chi connectivity index (χ1) is 13.5. The number of hydrogen-bond acceptors (Lipinski definition) is 4. The van der Waals surface area contributed by atoms with Gasteiger partial charge in [-0.05, 0) is 35.6 Å². The monoisotopic (exact) mass is 383 g/mol. The fourth-order valence-corrected chi connectivity index (χ4v) is 3.78. The van der Waals surface area contributed by atoms with Crippen molar-refractivity contribution in [1.29, 1.82) is 0 Å². The summed E-state index contributed by atoms with van der Waals surface area (Å²) in [5.74, 6) is 0.707. The lowest BCUT2D eigenvalue weighted by atomic mass is 9.82. The van der Waals surface area contributed by atoms with Crippen LogP contribution in [0.15, 0.2) is 42.5 Å². The second-order valence-corrected chi connectivity index (χ2v) is 7.51. The first-order valence-corrected chi connectivity index (χ1v) is 9.74. The molecule has 2 unspecified atom stereocenters. The van der Waals surface area contributed by atoms with Gasteiger partial charge in [0.2, 0.25) is 0 Å². The van der Waals surface area contributed by atoms with Crippen LogP contribution in [0, 0.1) is 0 Å². The number of primary amides is 1. The molecule has 28 heavy (non-hydrogen) atoms. The zero-order chi connectivity index (χ0) is 20.1. The van der Waals surface area contributed by atoms with Crippen LogP contribution in [0.2, 0.25) is 0 Å². The summed E-state index contributed by atoms with van der Waals surface area (Å²) in [6.07, 6.45) is 1.02. The lowest BCUT2D eigenvalue weighted by Crippen LogP contribution is -2.42. The Morgan fingerprint density at radius 1 is 1.25 bits per heavy atom. The van der Waals surface area contributed by atoms with Crippen molar-refractivity contribution >= 4 is 6.03 Å². The third-order valence-corrected chi connectivity index (χ3v) is 5.05. The largest absolute Gasteiger partial charge is 0.489 e. The Balaban J connectivity index is 1.87. The zero-order valence-electron chi connectivity index (χ0n) is 16.4. The van der Waals surface area contributed by atoms with Crippen molar-refractivity contribution in [1.82, 2.24) is 10.6 Å². The maximum atomic E-state index is 11.3. The lowest BCUT2D eigenvalue weighted by Gasteiger charge is -2.34. The molecule has 0 saturated carbocycles. The highest BCUT2D eigenvalue weighted by molar-refractivity contribution is 5.71. The van der Waals surface area contributed by atoms with E-state index in [2.05, 4.69) is 24.5 Å². The van der Waals surface area contributed by atoms with E-state index >= 15 is 0 Å². The van der Waals surface area contributed by atoms with E-state index in [0.717, 1.165) is 35.1 Å². The van der Waals surface area contributed by atoms with E-state index in [-0.39, 0.29) is 12.6 Å². The Labute approximate surface area is 166 Å². The van der Waals surface area contributed by atoms with Crippen LogP contribution < -0.4 is 21.1 Å². The molecule has 1 aliphatic carbocycles. The molecule has 0 radical (unpaired) electrons. The van der Waals surface area contributed by atoms with E-state index in [4.69, 9.17) is 10.5 Å². The van der Waals surface area contributed by atoms with Crippen LogP contribution in [-0.4, -0.2) is 23.2 Å². The normalized spacial score (nSPS) is 18.6. The molecule has 0 saturated heterocycles. The lowest BCUT2D eigenvalue weighted by molar-refractivity contribution is 0.110. The summed E-state index contributed by atoms with van der Waals surface area (Å²) in [4.78, 5) is 11.3. The van der Waals surface area contributed by atoms with Gasteiger partial charge in [-0.15, -0.1) is 0 Å². The number of carbonyl (C=O) groups is 1. The number of ether oxygens (including phenoxy) is 1. The Hall–Kier alpha value is -2.57. The molecule has 0 fully saturated rings. The summed E-state index contributed by atoms with van der Waals surface area (Å²) in [5, 5.41) is 17.0. The molecule has 0 heterocycles. The number of nitrogens with one attached hydrogen (secondary N) is 2. The number of hydrogen-bond donors (Lipinski definition) is 4. The standard InChI is InChI=1S/C22H29N3O3/c1-14(2)25-19-10-8-16-17(21(19)26)9-11-20(18(16)12-24-22(23)27)28-13-15-6-4-3-5-7-15/h3-7,9,11,14,19,21,25-26H,8,10,12-13H2,1-2H3,(H3,23,24,27). The van der Waals surface area contributed by atoms with E-state index < -0.39 is 12.1 Å². The van der Waals surface area contributed by atoms with Crippen molar-refractivity contribution in [2.45, 2.75) is 58.0 Å². The van der Waals surface area contributed by atoms with Crippen LogP contribution in [-0.2, 0) is 19.6 Å². The first kappa shape index (κ1) is 20.2. The van der Waals surface area contributed by atoms with Gasteiger partial charge in [0.1, 0.15) is 12.4 Å². The van der Waals surface area contributed by atoms with Crippen LogP contribution in [0.4, 0.5) is 4.79 Å². The molecular weight excluding hydrogens is 354 g/mol. The number of benzene rings is 2. The number of urea groups is 1. The number of nitrogens with two attached hydrogens (primary N) is 1. The first-order valence-electron chi connectivity index (χ1n) is 9.74. The molecule has 0 aromatic heterocycles. The highest BCUT2D eigenvalue weighted by Gasteiger charge is 2.30. The summed E-state index contributed by atoms with van der Waals surface area (Å²) < 4.78 is 6.06. The molecule has 2 atom stereocenters. The molecule has 5 N–H and O–H groups in total. The average molecular weight is 383 g/mol. The molecule has 2 amide bonds. The summed E-state index contributed by atoms with van der Waals surface area (Å²) in [7, 11) is 0. The van der Waals surface area contributed by atoms with E-state index in [1.807, 2.05) is 42.5 Å².